The number of nitrogen functional groups attached to an aromatic ring is 1. The first-order valence-corrected chi connectivity index (χ1v) is 10.4. The molecule has 158 valence electrons. The van der Waals surface area contributed by atoms with Crippen LogP contribution in [0.2, 0.25) is 0 Å². The van der Waals surface area contributed by atoms with Gasteiger partial charge in [-0.05, 0) is 42.5 Å². The zero-order chi connectivity index (χ0) is 21.8. The quantitative estimate of drug-likeness (QED) is 0.642. The minimum Gasteiger partial charge on any atom is -0.368 e. The normalized spacial score (nSPS) is 15.7. The third kappa shape index (κ3) is 4.55. The van der Waals surface area contributed by atoms with Crippen LogP contribution in [0.1, 0.15) is 46.9 Å². The minimum absolute atomic E-state index is 0.0976. The number of anilines is 1. The fourth-order valence-corrected chi connectivity index (χ4v) is 4.11. The fraction of sp³-hybridized carbons (Fsp3) is 0.250. The topological polar surface area (TPSA) is 115 Å². The average Bonchev–Trinajstić information content (AvgIpc) is 3.28. The van der Waals surface area contributed by atoms with Crippen molar-refractivity contribution in [2.24, 2.45) is 5.73 Å². The number of likely N-dealkylation sites (tertiary alicyclic amines) is 1. The molecule has 3 aromatic rings. The number of nitrogens with two attached hydrogens (primary N) is 2. The molecule has 0 radical (unpaired) electrons. The molecule has 4 rings (SSSR count). The van der Waals surface area contributed by atoms with Crippen molar-refractivity contribution in [2.45, 2.75) is 31.7 Å². The summed E-state index contributed by atoms with van der Waals surface area (Å²) in [7, 11) is 0. The van der Waals surface area contributed by atoms with Crippen molar-refractivity contribution < 1.29 is 9.59 Å². The maximum atomic E-state index is 13.1. The summed E-state index contributed by atoms with van der Waals surface area (Å²) in [6, 6.07) is 16.8. The third-order valence-corrected chi connectivity index (χ3v) is 5.65. The minimum atomic E-state index is -0.502. The third-order valence-electron chi connectivity index (χ3n) is 5.65. The van der Waals surface area contributed by atoms with Gasteiger partial charge in [-0.25, -0.2) is 9.97 Å². The molecule has 0 saturated carbocycles. The van der Waals surface area contributed by atoms with Crippen LogP contribution in [0.15, 0.2) is 60.8 Å². The molecule has 1 fully saturated rings. The van der Waals surface area contributed by atoms with Crippen molar-refractivity contribution in [3.05, 3.63) is 77.6 Å². The van der Waals surface area contributed by atoms with E-state index in [0.717, 1.165) is 29.5 Å². The Bertz CT molecular complexity index is 1100. The highest BCUT2D eigenvalue weighted by Gasteiger charge is 2.32. The number of aromatic nitrogens is 2. The molecule has 2 heterocycles. The van der Waals surface area contributed by atoms with Gasteiger partial charge in [0.15, 0.2) is 0 Å². The second-order valence-electron chi connectivity index (χ2n) is 7.70. The predicted octanol–water partition coefficient (Wildman–Crippen LogP) is 3.12. The van der Waals surface area contributed by atoms with Crippen LogP contribution in [0, 0.1) is 0 Å². The van der Waals surface area contributed by atoms with Gasteiger partial charge in [-0.15, -0.1) is 0 Å². The van der Waals surface area contributed by atoms with Crippen molar-refractivity contribution >= 4 is 17.8 Å². The molecule has 1 aromatic heterocycles. The average molecular weight is 415 g/mol. The maximum Gasteiger partial charge on any atom is 0.248 e. The summed E-state index contributed by atoms with van der Waals surface area (Å²) in [5.41, 5.74) is 15.1. The number of benzene rings is 2. The largest absolute Gasteiger partial charge is 0.368 e. The van der Waals surface area contributed by atoms with Gasteiger partial charge in [0.05, 0.1) is 11.7 Å². The summed E-state index contributed by atoms with van der Waals surface area (Å²) in [6.07, 6.45) is 4.49. The lowest BCUT2D eigenvalue weighted by atomic mass is 9.98. The standard InChI is InChI=1S/C24H25N5O2/c25-23(31)18-9-4-8-17(14-18)19-15-27-24(26)28-22(19)20-10-5-13-29(20)21(30)12-11-16-6-2-1-3-7-16/h1-4,6-9,14-15,20H,5,10-13H2,(H2,25,31)(H2,26,27,28)/t20-/m1/s1. The van der Waals surface area contributed by atoms with E-state index in [9.17, 15) is 9.59 Å². The number of primary amides is 1. The van der Waals surface area contributed by atoms with Gasteiger partial charge in [-0.2, -0.15) is 0 Å². The van der Waals surface area contributed by atoms with E-state index in [4.69, 9.17) is 11.5 Å². The van der Waals surface area contributed by atoms with Crippen LogP contribution in [-0.2, 0) is 11.2 Å². The molecule has 1 aliphatic rings. The van der Waals surface area contributed by atoms with Crippen LogP contribution in [-0.4, -0.2) is 33.2 Å². The molecule has 0 unspecified atom stereocenters. The highest BCUT2D eigenvalue weighted by atomic mass is 16.2. The number of carbonyl (C=O) groups is 2. The Morgan fingerprint density at radius 1 is 1.10 bits per heavy atom. The molecule has 0 spiro atoms. The number of hydrogen-bond acceptors (Lipinski definition) is 5. The lowest BCUT2D eigenvalue weighted by Crippen LogP contribution is -2.31. The van der Waals surface area contributed by atoms with Crippen LogP contribution in [0.5, 0.6) is 0 Å². The van der Waals surface area contributed by atoms with Gasteiger partial charge in [0.2, 0.25) is 17.8 Å². The molecule has 7 nitrogen and oxygen atoms in total. The summed E-state index contributed by atoms with van der Waals surface area (Å²) in [5.74, 6) is -0.243. The van der Waals surface area contributed by atoms with Gasteiger partial charge in [-0.3, -0.25) is 9.59 Å². The summed E-state index contributed by atoms with van der Waals surface area (Å²) >= 11 is 0. The molecule has 1 atom stereocenters. The molecule has 0 bridgehead atoms. The van der Waals surface area contributed by atoms with Crippen molar-refractivity contribution in [2.75, 3.05) is 12.3 Å². The maximum absolute atomic E-state index is 13.1. The van der Waals surface area contributed by atoms with E-state index in [-0.39, 0.29) is 17.9 Å². The molecule has 7 heteroatoms. The molecule has 1 aliphatic heterocycles. The Balaban J connectivity index is 1.62. The van der Waals surface area contributed by atoms with Crippen molar-refractivity contribution in [1.82, 2.24) is 14.9 Å². The lowest BCUT2D eigenvalue weighted by Gasteiger charge is -2.26. The Labute approximate surface area is 181 Å². The molecule has 2 amide bonds. The van der Waals surface area contributed by atoms with E-state index in [1.165, 1.54) is 0 Å². The van der Waals surface area contributed by atoms with E-state index < -0.39 is 5.91 Å². The Kier molecular flexibility index (Phi) is 5.93. The monoisotopic (exact) mass is 415 g/mol. The Hall–Kier alpha value is -3.74. The van der Waals surface area contributed by atoms with Crippen molar-refractivity contribution in [3.8, 4) is 11.1 Å². The highest BCUT2D eigenvalue weighted by Crippen LogP contribution is 2.37. The fourth-order valence-electron chi connectivity index (χ4n) is 4.11. The van der Waals surface area contributed by atoms with Gasteiger partial charge in [0, 0.05) is 30.3 Å². The first kappa shape index (κ1) is 20.5. The summed E-state index contributed by atoms with van der Waals surface area (Å²) in [5, 5.41) is 0. The molecule has 1 saturated heterocycles. The zero-order valence-electron chi connectivity index (χ0n) is 17.2. The smallest absolute Gasteiger partial charge is 0.248 e. The summed E-state index contributed by atoms with van der Waals surface area (Å²) in [6.45, 7) is 0.683. The first-order chi connectivity index (χ1) is 15.0. The van der Waals surface area contributed by atoms with E-state index in [0.29, 0.717) is 30.6 Å². The number of amides is 2. The van der Waals surface area contributed by atoms with Crippen molar-refractivity contribution in [3.63, 3.8) is 0 Å². The predicted molar refractivity (Wildman–Crippen MR) is 119 cm³/mol. The van der Waals surface area contributed by atoms with Gasteiger partial charge >= 0.3 is 0 Å². The SMILES string of the molecule is NC(=O)c1cccc(-c2cnc(N)nc2[C@H]2CCCN2C(=O)CCc2ccccc2)c1. The van der Waals surface area contributed by atoms with Crippen LogP contribution in [0.3, 0.4) is 0 Å². The lowest BCUT2D eigenvalue weighted by molar-refractivity contribution is -0.132. The molecule has 0 aliphatic carbocycles. The van der Waals surface area contributed by atoms with Crippen LogP contribution >= 0.6 is 0 Å². The van der Waals surface area contributed by atoms with E-state index >= 15 is 0 Å². The van der Waals surface area contributed by atoms with Crippen LogP contribution in [0.25, 0.3) is 11.1 Å². The van der Waals surface area contributed by atoms with Crippen LogP contribution in [0.4, 0.5) is 5.95 Å². The molecule has 31 heavy (non-hydrogen) atoms. The Morgan fingerprint density at radius 2 is 1.90 bits per heavy atom. The zero-order valence-corrected chi connectivity index (χ0v) is 17.2. The van der Waals surface area contributed by atoms with E-state index in [1.807, 2.05) is 41.3 Å². The second kappa shape index (κ2) is 8.95. The van der Waals surface area contributed by atoms with E-state index in [2.05, 4.69) is 9.97 Å². The number of aryl methyl sites for hydroxylation is 1. The number of nitrogens with zero attached hydrogens (tertiary/aromatic N) is 3. The van der Waals surface area contributed by atoms with Crippen molar-refractivity contribution in [1.29, 1.82) is 0 Å². The molecular weight excluding hydrogens is 390 g/mol. The van der Waals surface area contributed by atoms with Gasteiger partial charge in [0.1, 0.15) is 0 Å². The summed E-state index contributed by atoms with van der Waals surface area (Å²) in [4.78, 5) is 35.3. The Morgan fingerprint density at radius 3 is 2.68 bits per heavy atom. The number of hydrogen-bond donors (Lipinski definition) is 2. The van der Waals surface area contributed by atoms with Crippen LogP contribution < -0.4 is 11.5 Å². The number of rotatable bonds is 6. The molecule has 4 N–H and O–H groups in total. The first-order valence-electron chi connectivity index (χ1n) is 10.4. The van der Waals surface area contributed by atoms with Gasteiger partial charge in [-0.1, -0.05) is 42.5 Å². The van der Waals surface area contributed by atoms with Gasteiger partial charge in [0.25, 0.3) is 0 Å². The molecule has 2 aromatic carbocycles. The van der Waals surface area contributed by atoms with Gasteiger partial charge < -0.3 is 16.4 Å². The molecular formula is C24H25N5O2. The highest BCUT2D eigenvalue weighted by molar-refractivity contribution is 5.94. The number of carbonyl (C=O) groups excluding carboxylic acids is 2. The second-order valence-corrected chi connectivity index (χ2v) is 7.70. The van der Waals surface area contributed by atoms with E-state index in [1.54, 1.807) is 24.4 Å². The summed E-state index contributed by atoms with van der Waals surface area (Å²) < 4.78 is 0.